The first-order valence-corrected chi connectivity index (χ1v) is 10.2. The first-order valence-electron chi connectivity index (χ1n) is 10.2. The molecule has 2 unspecified atom stereocenters. The van der Waals surface area contributed by atoms with Gasteiger partial charge in [0.2, 0.25) is 0 Å². The predicted molar refractivity (Wildman–Crippen MR) is 116 cm³/mol. The molecule has 0 spiro atoms. The predicted octanol–water partition coefficient (Wildman–Crippen LogP) is 2.73. The number of aliphatic hydroxyl groups excluding tert-OH is 2. The molecule has 0 saturated heterocycles. The number of aromatic nitrogens is 1. The first kappa shape index (κ1) is 21.6. The maximum Gasteiger partial charge on any atom is 0.407 e. The highest BCUT2D eigenvalue weighted by Gasteiger charge is 2.29. The number of rotatable bonds is 7. The average Bonchev–Trinajstić information content (AvgIpc) is 3.44. The van der Waals surface area contributed by atoms with Crippen LogP contribution < -0.4 is 5.32 Å². The van der Waals surface area contributed by atoms with E-state index in [9.17, 15) is 19.8 Å². The zero-order valence-electron chi connectivity index (χ0n) is 17.4. The molecule has 0 fully saturated rings. The molecule has 0 saturated carbocycles. The zero-order valence-corrected chi connectivity index (χ0v) is 17.4. The molecule has 2 aromatic carbocycles. The van der Waals surface area contributed by atoms with Gasteiger partial charge in [0.25, 0.3) is 0 Å². The highest BCUT2D eigenvalue weighted by atomic mass is 16.5. The van der Waals surface area contributed by atoms with E-state index in [1.54, 1.807) is 0 Å². The number of aliphatic hydroxyl groups is 2. The second kappa shape index (κ2) is 9.25. The quantitative estimate of drug-likeness (QED) is 0.423. The van der Waals surface area contributed by atoms with E-state index in [1.165, 1.54) is 19.2 Å². The Labute approximate surface area is 184 Å². The number of carbonyl (C=O) groups is 2. The molecule has 4 rings (SSSR count). The Kier molecular flexibility index (Phi) is 6.25. The van der Waals surface area contributed by atoms with Gasteiger partial charge in [0.1, 0.15) is 24.5 Å². The Balaban J connectivity index is 1.32. The van der Waals surface area contributed by atoms with Gasteiger partial charge < -0.3 is 30.0 Å². The molecule has 1 aliphatic rings. The minimum absolute atomic E-state index is 0.0701. The summed E-state index contributed by atoms with van der Waals surface area (Å²) in [5.74, 6) is -0.658. The molecule has 166 valence electrons. The SMILES string of the molecule is COC(=O)c1ccc(C(O)C(O)CNC(=O)OCC2c3ccccc3-c3ccccc32)[nH]1. The maximum atomic E-state index is 12.2. The summed E-state index contributed by atoms with van der Waals surface area (Å²) in [5, 5.41) is 22.9. The van der Waals surface area contributed by atoms with E-state index in [-0.39, 0.29) is 30.5 Å². The standard InChI is InChI=1S/C24H24N2O6/c1-31-23(29)20-11-10-19(26-20)22(28)21(27)12-25-24(30)32-13-18-16-8-4-2-6-14(16)15-7-3-5-9-17(15)18/h2-11,18,21-22,26-28H,12-13H2,1H3,(H,25,30). The zero-order chi connectivity index (χ0) is 22.7. The number of H-pyrrole nitrogens is 1. The summed E-state index contributed by atoms with van der Waals surface area (Å²) in [6.07, 6.45) is -3.33. The fourth-order valence-electron chi connectivity index (χ4n) is 3.97. The Morgan fingerprint density at radius 3 is 2.25 bits per heavy atom. The summed E-state index contributed by atoms with van der Waals surface area (Å²) in [6.45, 7) is -0.0813. The molecule has 0 bridgehead atoms. The molecule has 8 nitrogen and oxygen atoms in total. The number of nitrogens with one attached hydrogen (secondary N) is 2. The third-order valence-electron chi connectivity index (χ3n) is 5.60. The minimum Gasteiger partial charge on any atom is -0.464 e. The van der Waals surface area contributed by atoms with Gasteiger partial charge in [-0.1, -0.05) is 48.5 Å². The van der Waals surface area contributed by atoms with Crippen molar-refractivity contribution in [1.29, 1.82) is 0 Å². The van der Waals surface area contributed by atoms with E-state index in [0.29, 0.717) is 0 Å². The van der Waals surface area contributed by atoms with Gasteiger partial charge in [-0.2, -0.15) is 0 Å². The molecule has 2 atom stereocenters. The van der Waals surface area contributed by atoms with Crippen molar-refractivity contribution in [3.8, 4) is 11.1 Å². The van der Waals surface area contributed by atoms with Crippen LogP contribution in [0, 0.1) is 0 Å². The number of benzene rings is 2. The highest BCUT2D eigenvalue weighted by molar-refractivity contribution is 5.87. The van der Waals surface area contributed by atoms with Crippen LogP contribution in [0.1, 0.15) is 39.3 Å². The number of amides is 1. The monoisotopic (exact) mass is 436 g/mol. The fraction of sp³-hybridized carbons (Fsp3) is 0.250. The van der Waals surface area contributed by atoms with Crippen molar-refractivity contribution < 1.29 is 29.3 Å². The van der Waals surface area contributed by atoms with E-state index in [1.807, 2.05) is 36.4 Å². The van der Waals surface area contributed by atoms with Gasteiger partial charge in [-0.15, -0.1) is 0 Å². The number of carbonyl (C=O) groups excluding carboxylic acids is 2. The van der Waals surface area contributed by atoms with Gasteiger partial charge in [0, 0.05) is 18.2 Å². The summed E-state index contributed by atoms with van der Waals surface area (Å²) >= 11 is 0. The van der Waals surface area contributed by atoms with Crippen LogP contribution in [0.25, 0.3) is 11.1 Å². The van der Waals surface area contributed by atoms with E-state index >= 15 is 0 Å². The third kappa shape index (κ3) is 4.23. The number of methoxy groups -OCH3 is 1. The van der Waals surface area contributed by atoms with E-state index in [0.717, 1.165) is 22.3 Å². The second-order valence-corrected chi connectivity index (χ2v) is 7.54. The van der Waals surface area contributed by atoms with Crippen LogP contribution >= 0.6 is 0 Å². The van der Waals surface area contributed by atoms with Gasteiger partial charge in [0.05, 0.1) is 7.11 Å². The molecule has 1 aromatic heterocycles. The van der Waals surface area contributed by atoms with Crippen LogP contribution in [-0.4, -0.2) is 53.6 Å². The molecule has 1 amide bonds. The van der Waals surface area contributed by atoms with Crippen molar-refractivity contribution in [2.75, 3.05) is 20.3 Å². The van der Waals surface area contributed by atoms with Crippen LogP contribution in [0.3, 0.4) is 0 Å². The number of fused-ring (bicyclic) bond motifs is 3. The lowest BCUT2D eigenvalue weighted by Crippen LogP contribution is -2.36. The topological polar surface area (TPSA) is 121 Å². The molecule has 0 radical (unpaired) electrons. The smallest absolute Gasteiger partial charge is 0.407 e. The molecule has 1 aliphatic carbocycles. The number of aromatic amines is 1. The number of hydrogen-bond donors (Lipinski definition) is 4. The minimum atomic E-state index is -1.33. The number of esters is 1. The van der Waals surface area contributed by atoms with Crippen molar-refractivity contribution in [3.05, 3.63) is 83.2 Å². The second-order valence-electron chi connectivity index (χ2n) is 7.54. The Hall–Kier alpha value is -3.62. The summed E-state index contributed by atoms with van der Waals surface area (Å²) in [7, 11) is 1.24. The summed E-state index contributed by atoms with van der Waals surface area (Å²) in [6, 6.07) is 19.0. The molecule has 1 heterocycles. The lowest BCUT2D eigenvalue weighted by atomic mass is 9.98. The van der Waals surface area contributed by atoms with Crippen molar-refractivity contribution in [2.24, 2.45) is 0 Å². The Morgan fingerprint density at radius 1 is 1.00 bits per heavy atom. The third-order valence-corrected chi connectivity index (χ3v) is 5.60. The van der Waals surface area contributed by atoms with E-state index in [2.05, 4.69) is 27.2 Å². The molecule has 32 heavy (non-hydrogen) atoms. The first-order chi connectivity index (χ1) is 15.5. The number of alkyl carbamates (subject to hydrolysis) is 1. The highest BCUT2D eigenvalue weighted by Crippen LogP contribution is 2.44. The van der Waals surface area contributed by atoms with E-state index < -0.39 is 24.3 Å². The molecule has 4 N–H and O–H groups in total. The largest absolute Gasteiger partial charge is 0.464 e. The van der Waals surface area contributed by atoms with Crippen LogP contribution in [0.4, 0.5) is 4.79 Å². The average molecular weight is 436 g/mol. The van der Waals surface area contributed by atoms with Crippen LogP contribution in [0.2, 0.25) is 0 Å². The van der Waals surface area contributed by atoms with Crippen molar-refractivity contribution >= 4 is 12.1 Å². The Bertz CT molecular complexity index is 1080. The van der Waals surface area contributed by atoms with Crippen LogP contribution in [0.15, 0.2) is 60.7 Å². The van der Waals surface area contributed by atoms with E-state index in [4.69, 9.17) is 4.74 Å². The van der Waals surface area contributed by atoms with Crippen LogP contribution in [-0.2, 0) is 9.47 Å². The number of ether oxygens (including phenoxy) is 2. The van der Waals surface area contributed by atoms with Crippen molar-refractivity contribution in [1.82, 2.24) is 10.3 Å². The summed E-state index contributed by atoms with van der Waals surface area (Å²) < 4.78 is 10.0. The summed E-state index contributed by atoms with van der Waals surface area (Å²) in [5.41, 5.74) is 4.85. The fourth-order valence-corrected chi connectivity index (χ4v) is 3.97. The maximum absolute atomic E-state index is 12.2. The van der Waals surface area contributed by atoms with Crippen molar-refractivity contribution in [3.63, 3.8) is 0 Å². The van der Waals surface area contributed by atoms with Gasteiger partial charge in [0.15, 0.2) is 0 Å². The lowest BCUT2D eigenvalue weighted by Gasteiger charge is -2.18. The van der Waals surface area contributed by atoms with Gasteiger partial charge in [-0.25, -0.2) is 9.59 Å². The number of hydrogen-bond acceptors (Lipinski definition) is 6. The van der Waals surface area contributed by atoms with Crippen LogP contribution in [0.5, 0.6) is 0 Å². The Morgan fingerprint density at radius 2 is 1.62 bits per heavy atom. The molecular formula is C24H24N2O6. The van der Waals surface area contributed by atoms with Gasteiger partial charge in [-0.3, -0.25) is 0 Å². The summed E-state index contributed by atoms with van der Waals surface area (Å²) in [4.78, 5) is 26.4. The molecule has 8 heteroatoms. The van der Waals surface area contributed by atoms with Crippen molar-refractivity contribution in [2.45, 2.75) is 18.1 Å². The molecule has 3 aromatic rings. The van der Waals surface area contributed by atoms with Gasteiger partial charge >= 0.3 is 12.1 Å². The molecular weight excluding hydrogens is 412 g/mol. The molecule has 0 aliphatic heterocycles. The normalized spacial score (nSPS) is 14.2. The van der Waals surface area contributed by atoms with Gasteiger partial charge in [-0.05, 0) is 34.4 Å². The lowest BCUT2D eigenvalue weighted by molar-refractivity contribution is 0.0162.